The highest BCUT2D eigenvalue weighted by Gasteiger charge is 2.08. The Morgan fingerprint density at radius 2 is 2.00 bits per heavy atom. The summed E-state index contributed by atoms with van der Waals surface area (Å²) in [4.78, 5) is 0. The molecule has 0 fully saturated rings. The van der Waals surface area contributed by atoms with E-state index < -0.39 is 0 Å². The van der Waals surface area contributed by atoms with Gasteiger partial charge in [0.2, 0.25) is 0 Å². The first-order valence-electron chi connectivity index (χ1n) is 5.71. The average molecular weight is 244 g/mol. The van der Waals surface area contributed by atoms with Crippen LogP contribution in [0.25, 0.3) is 0 Å². The van der Waals surface area contributed by atoms with Crippen LogP contribution in [0.4, 0.5) is 4.39 Å². The topological polar surface area (TPSA) is 26.0 Å². The molecule has 1 rings (SSSR count). The maximum absolute atomic E-state index is 12.9. The smallest absolute Gasteiger partial charge is 0.141 e. The molecule has 3 heteroatoms. The fourth-order valence-corrected chi connectivity index (χ4v) is 1.84. The summed E-state index contributed by atoms with van der Waals surface area (Å²) in [6.07, 6.45) is 3.18. The van der Waals surface area contributed by atoms with E-state index in [4.69, 9.17) is 17.3 Å². The predicted octanol–water partition coefficient (Wildman–Crippen LogP) is 4.31. The second-order valence-electron chi connectivity index (χ2n) is 4.60. The molecule has 0 heterocycles. The van der Waals surface area contributed by atoms with Crippen LogP contribution in [0, 0.1) is 11.7 Å². The zero-order valence-electron chi connectivity index (χ0n) is 9.84. The zero-order valence-corrected chi connectivity index (χ0v) is 10.6. The Morgan fingerprint density at radius 3 is 2.56 bits per heavy atom. The van der Waals surface area contributed by atoms with Gasteiger partial charge in [-0.05, 0) is 30.0 Å². The largest absolute Gasteiger partial charge is 0.324 e. The van der Waals surface area contributed by atoms with Gasteiger partial charge in [-0.25, -0.2) is 4.39 Å². The van der Waals surface area contributed by atoms with Gasteiger partial charge in [-0.3, -0.25) is 0 Å². The monoisotopic (exact) mass is 243 g/mol. The summed E-state index contributed by atoms with van der Waals surface area (Å²) in [5, 5.41) is 0.150. The molecule has 0 saturated heterocycles. The Kier molecular flexibility index (Phi) is 5.23. The Hall–Kier alpha value is -0.600. The summed E-state index contributed by atoms with van der Waals surface area (Å²) in [6, 6.07) is 4.66. The summed E-state index contributed by atoms with van der Waals surface area (Å²) in [5.41, 5.74) is 6.93. The third-order valence-corrected chi connectivity index (χ3v) is 2.96. The van der Waals surface area contributed by atoms with Crippen LogP contribution in [0.1, 0.15) is 44.7 Å². The number of nitrogens with two attached hydrogens (primary N) is 1. The fraction of sp³-hybridized carbons (Fsp3) is 0.538. The van der Waals surface area contributed by atoms with Gasteiger partial charge in [-0.1, -0.05) is 44.4 Å². The van der Waals surface area contributed by atoms with E-state index in [-0.39, 0.29) is 16.9 Å². The Morgan fingerprint density at radius 1 is 1.31 bits per heavy atom. The van der Waals surface area contributed by atoms with E-state index in [0.29, 0.717) is 5.92 Å². The average Bonchev–Trinajstić information content (AvgIpc) is 2.21. The molecule has 2 N–H and O–H groups in total. The van der Waals surface area contributed by atoms with Crippen LogP contribution >= 0.6 is 11.6 Å². The molecule has 1 aromatic rings. The van der Waals surface area contributed by atoms with Crippen molar-refractivity contribution < 1.29 is 4.39 Å². The third kappa shape index (κ3) is 4.11. The maximum atomic E-state index is 12.9. The number of hydrogen-bond donors (Lipinski definition) is 1. The molecule has 1 atom stereocenters. The molecule has 0 spiro atoms. The Labute approximate surface area is 102 Å². The zero-order chi connectivity index (χ0) is 12.1. The van der Waals surface area contributed by atoms with E-state index in [1.807, 2.05) is 0 Å². The lowest BCUT2D eigenvalue weighted by molar-refractivity contribution is 0.505. The second kappa shape index (κ2) is 6.21. The highest BCUT2D eigenvalue weighted by atomic mass is 35.5. The van der Waals surface area contributed by atoms with Crippen molar-refractivity contribution in [3.05, 3.63) is 34.6 Å². The van der Waals surface area contributed by atoms with Gasteiger partial charge in [0.05, 0.1) is 5.02 Å². The third-order valence-electron chi connectivity index (χ3n) is 2.67. The summed E-state index contributed by atoms with van der Waals surface area (Å²) in [5.74, 6) is 0.309. The summed E-state index contributed by atoms with van der Waals surface area (Å²) < 4.78 is 12.9. The molecular weight excluding hydrogens is 225 g/mol. The molecule has 0 aliphatic rings. The van der Waals surface area contributed by atoms with Crippen molar-refractivity contribution >= 4 is 11.6 Å². The molecule has 1 nitrogen and oxygen atoms in total. The minimum atomic E-state index is -0.389. The molecular formula is C13H19ClFN. The van der Waals surface area contributed by atoms with Gasteiger partial charge in [0.15, 0.2) is 0 Å². The van der Waals surface area contributed by atoms with Crippen LogP contribution in [0.5, 0.6) is 0 Å². The fourth-order valence-electron chi connectivity index (χ4n) is 1.66. The van der Waals surface area contributed by atoms with Crippen molar-refractivity contribution in [3.8, 4) is 0 Å². The summed E-state index contributed by atoms with van der Waals surface area (Å²) in [6.45, 7) is 4.39. The van der Waals surface area contributed by atoms with Gasteiger partial charge >= 0.3 is 0 Å². The second-order valence-corrected chi connectivity index (χ2v) is 5.01. The van der Waals surface area contributed by atoms with Crippen molar-refractivity contribution in [2.45, 2.75) is 39.2 Å². The standard InChI is InChI=1S/C13H19ClFN/c1-9(2)4-3-5-13(16)10-6-7-12(15)11(14)8-10/h6-9,13H,3-5,16H2,1-2H3. The molecule has 0 saturated carbocycles. The van der Waals surface area contributed by atoms with E-state index in [9.17, 15) is 4.39 Å². The molecule has 90 valence electrons. The normalized spacial score (nSPS) is 13.1. The lowest BCUT2D eigenvalue weighted by Gasteiger charge is -2.13. The lowest BCUT2D eigenvalue weighted by atomic mass is 9.99. The van der Waals surface area contributed by atoms with Crippen LogP contribution in [0.15, 0.2) is 18.2 Å². The van der Waals surface area contributed by atoms with E-state index >= 15 is 0 Å². The van der Waals surface area contributed by atoms with Crippen LogP contribution in [-0.4, -0.2) is 0 Å². The van der Waals surface area contributed by atoms with E-state index in [1.165, 1.54) is 12.5 Å². The van der Waals surface area contributed by atoms with Gasteiger partial charge < -0.3 is 5.73 Å². The first-order valence-corrected chi connectivity index (χ1v) is 6.09. The van der Waals surface area contributed by atoms with Crippen molar-refractivity contribution in [1.29, 1.82) is 0 Å². The molecule has 0 aliphatic carbocycles. The van der Waals surface area contributed by atoms with Gasteiger partial charge in [-0.2, -0.15) is 0 Å². The van der Waals surface area contributed by atoms with Crippen molar-refractivity contribution in [2.75, 3.05) is 0 Å². The molecule has 0 radical (unpaired) electrons. The highest BCUT2D eigenvalue weighted by molar-refractivity contribution is 6.30. The minimum absolute atomic E-state index is 0.0446. The first kappa shape index (κ1) is 13.5. The molecule has 16 heavy (non-hydrogen) atoms. The van der Waals surface area contributed by atoms with Crippen molar-refractivity contribution in [2.24, 2.45) is 11.7 Å². The molecule has 1 unspecified atom stereocenters. The first-order chi connectivity index (χ1) is 7.50. The van der Waals surface area contributed by atoms with Gasteiger partial charge in [0, 0.05) is 6.04 Å². The number of benzene rings is 1. The van der Waals surface area contributed by atoms with Gasteiger partial charge in [0.25, 0.3) is 0 Å². The number of halogens is 2. The van der Waals surface area contributed by atoms with Gasteiger partial charge in [0.1, 0.15) is 5.82 Å². The van der Waals surface area contributed by atoms with E-state index in [0.717, 1.165) is 18.4 Å². The molecule has 0 amide bonds. The SMILES string of the molecule is CC(C)CCCC(N)c1ccc(F)c(Cl)c1. The van der Waals surface area contributed by atoms with Crippen LogP contribution < -0.4 is 5.73 Å². The van der Waals surface area contributed by atoms with Crippen molar-refractivity contribution in [3.63, 3.8) is 0 Å². The molecule has 0 aromatic heterocycles. The van der Waals surface area contributed by atoms with Crippen LogP contribution in [0.3, 0.4) is 0 Å². The Bertz CT molecular complexity index is 339. The summed E-state index contributed by atoms with van der Waals surface area (Å²) in [7, 11) is 0. The quantitative estimate of drug-likeness (QED) is 0.820. The summed E-state index contributed by atoms with van der Waals surface area (Å²) >= 11 is 5.71. The van der Waals surface area contributed by atoms with Crippen molar-refractivity contribution in [1.82, 2.24) is 0 Å². The van der Waals surface area contributed by atoms with Crippen LogP contribution in [0.2, 0.25) is 5.02 Å². The predicted molar refractivity (Wildman–Crippen MR) is 67.0 cm³/mol. The van der Waals surface area contributed by atoms with E-state index in [1.54, 1.807) is 12.1 Å². The molecule has 0 aliphatic heterocycles. The minimum Gasteiger partial charge on any atom is -0.324 e. The van der Waals surface area contributed by atoms with Crippen LogP contribution in [-0.2, 0) is 0 Å². The lowest BCUT2D eigenvalue weighted by Crippen LogP contribution is -2.10. The molecule has 1 aromatic carbocycles. The number of hydrogen-bond acceptors (Lipinski definition) is 1. The number of rotatable bonds is 5. The highest BCUT2D eigenvalue weighted by Crippen LogP contribution is 2.23. The maximum Gasteiger partial charge on any atom is 0.141 e. The van der Waals surface area contributed by atoms with Gasteiger partial charge in [-0.15, -0.1) is 0 Å². The molecule has 0 bridgehead atoms. The van der Waals surface area contributed by atoms with E-state index in [2.05, 4.69) is 13.8 Å². The Balaban J connectivity index is 2.52.